The van der Waals surface area contributed by atoms with Crippen LogP contribution in [0.1, 0.15) is 16.3 Å². The molecule has 8 nitrogen and oxygen atoms in total. The molecule has 4 N–H and O–H groups in total. The normalized spacial score (nSPS) is 10.0. The fraction of sp³-hybridized carbons (Fsp3) is 0.231. The standard InChI is InChI=1S/C13H16N6O2/c1-7-17-11(15-2)9(14)12(18-7)19-8-5-4-6-16-10(8)13(20)21-3/h4-6H,14H2,1-3H3,(H2,15,17,18,19). The lowest BCUT2D eigenvalue weighted by atomic mass is 10.3. The molecule has 2 aromatic heterocycles. The van der Waals surface area contributed by atoms with Gasteiger partial charge in [0.25, 0.3) is 0 Å². The molecule has 8 heteroatoms. The monoisotopic (exact) mass is 288 g/mol. The van der Waals surface area contributed by atoms with Crippen LogP contribution in [0.5, 0.6) is 0 Å². The Labute approximate surface area is 121 Å². The molecule has 0 unspecified atom stereocenters. The summed E-state index contributed by atoms with van der Waals surface area (Å²) in [4.78, 5) is 24.1. The van der Waals surface area contributed by atoms with E-state index in [1.54, 1.807) is 26.1 Å². The molecule has 2 heterocycles. The smallest absolute Gasteiger partial charge is 0.358 e. The number of nitrogens with two attached hydrogens (primary N) is 1. The zero-order chi connectivity index (χ0) is 15.4. The number of esters is 1. The van der Waals surface area contributed by atoms with Gasteiger partial charge in [-0.25, -0.2) is 19.7 Å². The first kappa shape index (κ1) is 14.5. The first-order valence-electron chi connectivity index (χ1n) is 6.19. The zero-order valence-electron chi connectivity index (χ0n) is 12.0. The molecule has 0 aliphatic heterocycles. The molecule has 0 atom stereocenters. The molecule has 0 bridgehead atoms. The summed E-state index contributed by atoms with van der Waals surface area (Å²) in [6.07, 6.45) is 1.51. The number of carbonyl (C=O) groups excluding carboxylic acids is 1. The second-order valence-corrected chi connectivity index (χ2v) is 4.15. The number of aryl methyl sites for hydroxylation is 1. The topological polar surface area (TPSA) is 115 Å². The van der Waals surface area contributed by atoms with Crippen molar-refractivity contribution in [1.29, 1.82) is 0 Å². The van der Waals surface area contributed by atoms with Gasteiger partial charge in [-0.1, -0.05) is 0 Å². The third-order valence-electron chi connectivity index (χ3n) is 2.73. The SMILES string of the molecule is CNc1nc(C)nc(Nc2cccnc2C(=O)OC)c1N. The lowest BCUT2D eigenvalue weighted by Crippen LogP contribution is -2.11. The van der Waals surface area contributed by atoms with Gasteiger partial charge in [0.2, 0.25) is 0 Å². The lowest BCUT2D eigenvalue weighted by molar-refractivity contribution is 0.0595. The number of methoxy groups -OCH3 is 1. The van der Waals surface area contributed by atoms with Crippen LogP contribution in [0.2, 0.25) is 0 Å². The minimum Gasteiger partial charge on any atom is -0.464 e. The molecule has 0 aliphatic carbocycles. The predicted octanol–water partition coefficient (Wildman–Crippen LogP) is 1.33. The van der Waals surface area contributed by atoms with E-state index in [4.69, 9.17) is 10.5 Å². The summed E-state index contributed by atoms with van der Waals surface area (Å²) in [5.74, 6) is 0.898. The first-order valence-corrected chi connectivity index (χ1v) is 6.19. The average molecular weight is 288 g/mol. The van der Waals surface area contributed by atoms with Crippen LogP contribution in [0, 0.1) is 6.92 Å². The second-order valence-electron chi connectivity index (χ2n) is 4.15. The first-order chi connectivity index (χ1) is 10.1. The quantitative estimate of drug-likeness (QED) is 0.722. The highest BCUT2D eigenvalue weighted by Crippen LogP contribution is 2.27. The Morgan fingerprint density at radius 2 is 2.05 bits per heavy atom. The molecule has 0 fully saturated rings. The minimum atomic E-state index is -0.545. The third-order valence-corrected chi connectivity index (χ3v) is 2.73. The van der Waals surface area contributed by atoms with E-state index in [-0.39, 0.29) is 5.69 Å². The van der Waals surface area contributed by atoms with Gasteiger partial charge < -0.3 is 21.1 Å². The highest BCUT2D eigenvalue weighted by Gasteiger charge is 2.16. The van der Waals surface area contributed by atoms with E-state index < -0.39 is 5.97 Å². The molecule has 21 heavy (non-hydrogen) atoms. The van der Waals surface area contributed by atoms with Crippen LogP contribution in [-0.4, -0.2) is 35.1 Å². The molecule has 0 spiro atoms. The van der Waals surface area contributed by atoms with Crippen molar-refractivity contribution in [3.05, 3.63) is 29.8 Å². The van der Waals surface area contributed by atoms with Crippen LogP contribution in [-0.2, 0) is 4.74 Å². The Morgan fingerprint density at radius 1 is 1.33 bits per heavy atom. The maximum absolute atomic E-state index is 11.7. The number of rotatable bonds is 4. The van der Waals surface area contributed by atoms with Crippen molar-refractivity contribution in [2.75, 3.05) is 30.5 Å². The maximum Gasteiger partial charge on any atom is 0.358 e. The number of hydrogen-bond acceptors (Lipinski definition) is 8. The maximum atomic E-state index is 11.7. The lowest BCUT2D eigenvalue weighted by Gasteiger charge is -2.13. The van der Waals surface area contributed by atoms with E-state index >= 15 is 0 Å². The summed E-state index contributed by atoms with van der Waals surface area (Å²) in [7, 11) is 3.01. The molecule has 0 aliphatic rings. The Balaban J connectivity index is 2.44. The fourth-order valence-electron chi connectivity index (χ4n) is 1.76. The van der Waals surface area contributed by atoms with Crippen molar-refractivity contribution < 1.29 is 9.53 Å². The van der Waals surface area contributed by atoms with Gasteiger partial charge in [0.1, 0.15) is 11.5 Å². The summed E-state index contributed by atoms with van der Waals surface area (Å²) in [6.45, 7) is 1.75. The van der Waals surface area contributed by atoms with E-state index in [9.17, 15) is 4.79 Å². The van der Waals surface area contributed by atoms with E-state index in [1.165, 1.54) is 13.3 Å². The Kier molecular flexibility index (Phi) is 4.17. The van der Waals surface area contributed by atoms with Gasteiger partial charge in [-0.15, -0.1) is 0 Å². The number of nitrogens with one attached hydrogen (secondary N) is 2. The van der Waals surface area contributed by atoms with E-state index in [0.29, 0.717) is 28.8 Å². The number of nitrogens with zero attached hydrogens (tertiary/aromatic N) is 3. The van der Waals surface area contributed by atoms with Crippen molar-refractivity contribution in [3.8, 4) is 0 Å². The molecule has 0 saturated carbocycles. The zero-order valence-corrected chi connectivity index (χ0v) is 12.0. The largest absolute Gasteiger partial charge is 0.464 e. The van der Waals surface area contributed by atoms with Crippen LogP contribution >= 0.6 is 0 Å². The number of ether oxygens (including phenoxy) is 1. The summed E-state index contributed by atoms with van der Waals surface area (Å²) < 4.78 is 4.70. The predicted molar refractivity (Wildman–Crippen MR) is 79.6 cm³/mol. The van der Waals surface area contributed by atoms with Crippen LogP contribution in [0.3, 0.4) is 0 Å². The van der Waals surface area contributed by atoms with Gasteiger partial charge >= 0.3 is 5.97 Å². The van der Waals surface area contributed by atoms with Gasteiger partial charge in [0.15, 0.2) is 17.3 Å². The molecule has 0 radical (unpaired) electrons. The van der Waals surface area contributed by atoms with Crippen molar-refractivity contribution in [1.82, 2.24) is 15.0 Å². The molecule has 0 aromatic carbocycles. The summed E-state index contributed by atoms with van der Waals surface area (Å²) in [5.41, 5.74) is 6.94. The summed E-state index contributed by atoms with van der Waals surface area (Å²) >= 11 is 0. The van der Waals surface area contributed by atoms with E-state index in [1.807, 2.05) is 0 Å². The Bertz CT molecular complexity index is 674. The highest BCUT2D eigenvalue weighted by atomic mass is 16.5. The molecular formula is C13H16N6O2. The van der Waals surface area contributed by atoms with Gasteiger partial charge in [-0.05, 0) is 19.1 Å². The number of anilines is 4. The van der Waals surface area contributed by atoms with E-state index in [2.05, 4.69) is 25.6 Å². The van der Waals surface area contributed by atoms with Crippen molar-refractivity contribution in [2.24, 2.45) is 0 Å². The van der Waals surface area contributed by atoms with Gasteiger partial charge in [0.05, 0.1) is 12.8 Å². The van der Waals surface area contributed by atoms with E-state index in [0.717, 1.165) is 0 Å². The molecule has 0 saturated heterocycles. The number of nitrogen functional groups attached to an aromatic ring is 1. The summed E-state index contributed by atoms with van der Waals surface area (Å²) in [5, 5.41) is 5.88. The van der Waals surface area contributed by atoms with Gasteiger partial charge in [0, 0.05) is 13.2 Å². The average Bonchev–Trinajstić information content (AvgIpc) is 2.50. The summed E-state index contributed by atoms with van der Waals surface area (Å²) in [6, 6.07) is 3.38. The minimum absolute atomic E-state index is 0.154. The second kappa shape index (κ2) is 6.04. The molecule has 2 aromatic rings. The van der Waals surface area contributed by atoms with Gasteiger partial charge in [-0.3, -0.25) is 0 Å². The van der Waals surface area contributed by atoms with Crippen molar-refractivity contribution in [2.45, 2.75) is 6.92 Å². The number of pyridine rings is 1. The van der Waals surface area contributed by atoms with Crippen molar-refractivity contribution in [3.63, 3.8) is 0 Å². The number of aromatic nitrogens is 3. The van der Waals surface area contributed by atoms with Crippen LogP contribution in [0.4, 0.5) is 23.0 Å². The number of carbonyl (C=O) groups is 1. The highest BCUT2D eigenvalue weighted by molar-refractivity contribution is 5.94. The van der Waals surface area contributed by atoms with Crippen LogP contribution in [0.15, 0.2) is 18.3 Å². The molecule has 2 rings (SSSR count). The van der Waals surface area contributed by atoms with Crippen LogP contribution in [0.25, 0.3) is 0 Å². The van der Waals surface area contributed by atoms with Gasteiger partial charge in [-0.2, -0.15) is 0 Å². The van der Waals surface area contributed by atoms with Crippen LogP contribution < -0.4 is 16.4 Å². The Hall–Kier alpha value is -2.90. The molecule has 110 valence electrons. The molecule has 0 amide bonds. The Morgan fingerprint density at radius 3 is 2.71 bits per heavy atom. The third kappa shape index (κ3) is 2.99. The van der Waals surface area contributed by atoms with Crippen molar-refractivity contribution >= 4 is 29.0 Å². The molecular weight excluding hydrogens is 272 g/mol. The number of hydrogen-bond donors (Lipinski definition) is 3. The fourth-order valence-corrected chi connectivity index (χ4v) is 1.76.